The largest absolute Gasteiger partial charge is 0.493 e. The molecule has 31 heavy (non-hydrogen) atoms. The van der Waals surface area contributed by atoms with E-state index in [0.29, 0.717) is 26.2 Å². The maximum Gasteiger partial charge on any atom is 0.340 e. The SMILES string of the molecule is CCCCc1ccc(N2C(=O)/C(=C\c3ccc(OC)c(OC)c3C(=O)O)SC2=S)cc1. The summed E-state index contributed by atoms with van der Waals surface area (Å²) in [5.74, 6) is -1.07. The second-order valence-corrected chi connectivity index (χ2v) is 8.53. The van der Waals surface area contributed by atoms with E-state index in [1.165, 1.54) is 30.8 Å². The van der Waals surface area contributed by atoms with Crippen LogP contribution in [-0.2, 0) is 11.2 Å². The minimum atomic E-state index is -1.18. The molecule has 0 unspecified atom stereocenters. The van der Waals surface area contributed by atoms with Crippen molar-refractivity contribution in [2.24, 2.45) is 0 Å². The number of unbranched alkanes of at least 4 members (excludes halogenated alkanes) is 1. The van der Waals surface area contributed by atoms with Gasteiger partial charge in [-0.05, 0) is 48.2 Å². The number of aryl methyl sites for hydroxylation is 1. The van der Waals surface area contributed by atoms with Gasteiger partial charge in [0.25, 0.3) is 5.91 Å². The number of methoxy groups -OCH3 is 2. The van der Waals surface area contributed by atoms with E-state index in [1.54, 1.807) is 12.1 Å². The third-order valence-electron chi connectivity index (χ3n) is 4.89. The highest BCUT2D eigenvalue weighted by molar-refractivity contribution is 8.27. The van der Waals surface area contributed by atoms with Gasteiger partial charge in [-0.2, -0.15) is 0 Å². The minimum Gasteiger partial charge on any atom is -0.493 e. The van der Waals surface area contributed by atoms with E-state index in [9.17, 15) is 14.7 Å². The number of rotatable bonds is 8. The zero-order valence-electron chi connectivity index (χ0n) is 17.5. The Balaban J connectivity index is 1.94. The molecule has 1 aliphatic rings. The lowest BCUT2D eigenvalue weighted by Crippen LogP contribution is -2.27. The Labute approximate surface area is 190 Å². The van der Waals surface area contributed by atoms with E-state index in [4.69, 9.17) is 21.7 Å². The van der Waals surface area contributed by atoms with Gasteiger partial charge in [-0.1, -0.05) is 55.5 Å². The van der Waals surface area contributed by atoms with Crippen molar-refractivity contribution < 1.29 is 24.2 Å². The van der Waals surface area contributed by atoms with Crippen LogP contribution in [0.1, 0.15) is 41.3 Å². The van der Waals surface area contributed by atoms with E-state index in [-0.39, 0.29) is 17.2 Å². The Morgan fingerprint density at radius 3 is 2.45 bits per heavy atom. The van der Waals surface area contributed by atoms with Crippen LogP contribution in [0.5, 0.6) is 11.5 Å². The Morgan fingerprint density at radius 1 is 1.16 bits per heavy atom. The number of amides is 1. The highest BCUT2D eigenvalue weighted by atomic mass is 32.2. The number of carbonyl (C=O) groups excluding carboxylic acids is 1. The number of carboxylic acid groups (broad SMARTS) is 1. The van der Waals surface area contributed by atoms with Gasteiger partial charge in [0.1, 0.15) is 5.56 Å². The summed E-state index contributed by atoms with van der Waals surface area (Å²) in [6.07, 6.45) is 4.75. The zero-order valence-corrected chi connectivity index (χ0v) is 19.1. The Morgan fingerprint density at radius 2 is 1.87 bits per heavy atom. The maximum atomic E-state index is 13.1. The summed E-state index contributed by atoms with van der Waals surface area (Å²) in [5, 5.41) is 9.71. The minimum absolute atomic E-state index is 0.0765. The molecule has 0 aromatic heterocycles. The van der Waals surface area contributed by atoms with Crippen LogP contribution >= 0.6 is 24.0 Å². The van der Waals surface area contributed by atoms with E-state index < -0.39 is 5.97 Å². The number of hydrogen-bond donors (Lipinski definition) is 1. The summed E-state index contributed by atoms with van der Waals surface area (Å²) in [6.45, 7) is 2.15. The van der Waals surface area contributed by atoms with Crippen molar-refractivity contribution in [1.82, 2.24) is 0 Å². The fraction of sp³-hybridized carbons (Fsp3) is 0.261. The van der Waals surface area contributed by atoms with E-state index in [2.05, 4.69) is 6.92 Å². The number of carbonyl (C=O) groups is 2. The third kappa shape index (κ3) is 4.75. The molecule has 1 amide bonds. The monoisotopic (exact) mass is 457 g/mol. The molecule has 2 aromatic rings. The van der Waals surface area contributed by atoms with Crippen molar-refractivity contribution in [2.75, 3.05) is 19.1 Å². The quantitative estimate of drug-likeness (QED) is 0.434. The van der Waals surface area contributed by atoms with Crippen LogP contribution in [0.25, 0.3) is 6.08 Å². The molecule has 0 aliphatic carbocycles. The van der Waals surface area contributed by atoms with Gasteiger partial charge in [-0.15, -0.1) is 0 Å². The fourth-order valence-electron chi connectivity index (χ4n) is 3.31. The van der Waals surface area contributed by atoms with Crippen molar-refractivity contribution >= 4 is 51.9 Å². The highest BCUT2D eigenvalue weighted by Gasteiger charge is 2.34. The molecular weight excluding hydrogens is 434 g/mol. The molecule has 2 aromatic carbocycles. The Kier molecular flexibility index (Phi) is 7.35. The van der Waals surface area contributed by atoms with Gasteiger partial charge in [0.2, 0.25) is 0 Å². The van der Waals surface area contributed by atoms with Crippen LogP contribution in [0.2, 0.25) is 0 Å². The standard InChI is InChI=1S/C23H23NO5S2/c1-4-5-6-14-7-10-16(11-8-14)24-21(25)18(31-23(24)30)13-15-9-12-17(28-2)20(29-3)19(15)22(26)27/h7-13H,4-6H2,1-3H3,(H,26,27)/b18-13+. The molecule has 1 N–H and O–H groups in total. The second-order valence-electron chi connectivity index (χ2n) is 6.86. The van der Waals surface area contributed by atoms with Gasteiger partial charge in [0.15, 0.2) is 15.8 Å². The van der Waals surface area contributed by atoms with Crippen LogP contribution in [0.4, 0.5) is 5.69 Å². The first-order chi connectivity index (χ1) is 14.9. The number of anilines is 1. The smallest absolute Gasteiger partial charge is 0.340 e. The van der Waals surface area contributed by atoms with Gasteiger partial charge in [0.05, 0.1) is 24.8 Å². The molecule has 8 heteroatoms. The molecule has 0 saturated carbocycles. The van der Waals surface area contributed by atoms with Gasteiger partial charge >= 0.3 is 5.97 Å². The topological polar surface area (TPSA) is 76.1 Å². The third-order valence-corrected chi connectivity index (χ3v) is 6.19. The van der Waals surface area contributed by atoms with Crippen LogP contribution in [-0.4, -0.2) is 35.5 Å². The number of carboxylic acids is 1. The van der Waals surface area contributed by atoms with Crippen molar-refractivity contribution in [3.63, 3.8) is 0 Å². The molecule has 6 nitrogen and oxygen atoms in total. The number of thiocarbonyl (C=S) groups is 1. The van der Waals surface area contributed by atoms with Crippen molar-refractivity contribution in [1.29, 1.82) is 0 Å². The first kappa shape index (κ1) is 22.8. The summed E-state index contributed by atoms with van der Waals surface area (Å²) in [4.78, 5) is 26.8. The molecule has 1 aliphatic heterocycles. The average Bonchev–Trinajstić information content (AvgIpc) is 3.04. The molecule has 0 atom stereocenters. The molecule has 1 fully saturated rings. The molecule has 1 heterocycles. The maximum absolute atomic E-state index is 13.1. The average molecular weight is 458 g/mol. The van der Waals surface area contributed by atoms with Crippen molar-refractivity contribution in [3.8, 4) is 11.5 Å². The highest BCUT2D eigenvalue weighted by Crippen LogP contribution is 2.39. The fourth-order valence-corrected chi connectivity index (χ4v) is 4.60. The Bertz CT molecular complexity index is 1050. The lowest BCUT2D eigenvalue weighted by Gasteiger charge is -2.15. The lowest BCUT2D eigenvalue weighted by molar-refractivity contribution is -0.113. The number of benzene rings is 2. The summed E-state index contributed by atoms with van der Waals surface area (Å²) in [5.41, 5.74) is 2.16. The first-order valence-corrected chi connectivity index (χ1v) is 11.0. The van der Waals surface area contributed by atoms with Gasteiger partial charge in [-0.25, -0.2) is 4.79 Å². The number of nitrogens with zero attached hydrogens (tertiary/aromatic N) is 1. The van der Waals surface area contributed by atoms with Gasteiger partial charge in [0, 0.05) is 0 Å². The molecular formula is C23H23NO5S2. The number of hydrogen-bond acceptors (Lipinski definition) is 6. The Hall–Kier alpha value is -2.84. The predicted molar refractivity (Wildman–Crippen MR) is 127 cm³/mol. The number of thioether (sulfide) groups is 1. The molecule has 162 valence electrons. The van der Waals surface area contributed by atoms with Gasteiger partial charge in [-0.3, -0.25) is 9.69 Å². The van der Waals surface area contributed by atoms with Crippen LogP contribution in [0.3, 0.4) is 0 Å². The number of ether oxygens (including phenoxy) is 2. The molecule has 1 saturated heterocycles. The lowest BCUT2D eigenvalue weighted by atomic mass is 10.0. The van der Waals surface area contributed by atoms with E-state index >= 15 is 0 Å². The van der Waals surface area contributed by atoms with E-state index in [1.807, 2.05) is 24.3 Å². The van der Waals surface area contributed by atoms with Crippen molar-refractivity contribution in [3.05, 3.63) is 58.0 Å². The molecule has 3 rings (SSSR count). The van der Waals surface area contributed by atoms with E-state index in [0.717, 1.165) is 31.0 Å². The molecule has 0 radical (unpaired) electrons. The van der Waals surface area contributed by atoms with Crippen LogP contribution in [0, 0.1) is 0 Å². The summed E-state index contributed by atoms with van der Waals surface area (Å²) >= 11 is 6.57. The van der Waals surface area contributed by atoms with Crippen LogP contribution in [0.15, 0.2) is 41.3 Å². The van der Waals surface area contributed by atoms with Gasteiger partial charge < -0.3 is 14.6 Å². The molecule has 0 spiro atoms. The summed E-state index contributed by atoms with van der Waals surface area (Å²) in [6, 6.07) is 11.0. The molecule has 0 bridgehead atoms. The normalized spacial score (nSPS) is 14.9. The zero-order chi connectivity index (χ0) is 22.5. The second kappa shape index (κ2) is 9.98. The predicted octanol–water partition coefficient (Wildman–Crippen LogP) is 5.15. The summed E-state index contributed by atoms with van der Waals surface area (Å²) in [7, 11) is 2.81. The van der Waals surface area contributed by atoms with Crippen molar-refractivity contribution in [2.45, 2.75) is 26.2 Å². The van der Waals surface area contributed by atoms with Crippen LogP contribution < -0.4 is 14.4 Å². The first-order valence-electron chi connectivity index (χ1n) is 9.76. The summed E-state index contributed by atoms with van der Waals surface area (Å²) < 4.78 is 10.8. The number of aromatic carboxylic acids is 1.